The fourth-order valence-electron chi connectivity index (χ4n) is 4.05. The van der Waals surface area contributed by atoms with Crippen LogP contribution in [0.3, 0.4) is 0 Å². The van der Waals surface area contributed by atoms with Crippen LogP contribution in [0.15, 0.2) is 41.4 Å². The molecule has 1 heterocycles. The lowest BCUT2D eigenvalue weighted by Gasteiger charge is -2.40. The Balaban J connectivity index is 1.79. The molecule has 1 fully saturated rings. The minimum atomic E-state index is -4.79. The van der Waals surface area contributed by atoms with Crippen molar-refractivity contribution in [3.05, 3.63) is 47.8 Å². The third-order valence-electron chi connectivity index (χ3n) is 6.05. The Kier molecular flexibility index (Phi) is 6.57. The van der Waals surface area contributed by atoms with Gasteiger partial charge < -0.3 is 5.32 Å². The molecule has 0 saturated heterocycles. The number of hydrogen-bond donors (Lipinski definition) is 2. The summed E-state index contributed by atoms with van der Waals surface area (Å²) in [5, 5.41) is 7.81. The summed E-state index contributed by atoms with van der Waals surface area (Å²) in [6.07, 6.45) is -9.05. The number of aromatic amines is 1. The van der Waals surface area contributed by atoms with E-state index in [1.54, 1.807) is 0 Å². The molecule has 1 unspecified atom stereocenters. The van der Waals surface area contributed by atoms with E-state index in [0.29, 0.717) is 6.07 Å². The number of nitrogens with one attached hydrogen (secondary N) is 2. The zero-order valence-electron chi connectivity index (χ0n) is 17.3. The van der Waals surface area contributed by atoms with Crippen LogP contribution in [-0.4, -0.2) is 41.5 Å². The second-order valence-electron chi connectivity index (χ2n) is 8.27. The van der Waals surface area contributed by atoms with Gasteiger partial charge in [-0.2, -0.15) is 31.4 Å². The maximum atomic E-state index is 13.7. The molecule has 0 radical (unpaired) electrons. The molecule has 1 aromatic carbocycles. The van der Waals surface area contributed by atoms with E-state index in [1.807, 2.05) is 5.32 Å². The molecular formula is C20H21F6N3O3S. The fraction of sp³-hybridized carbons (Fsp3) is 0.500. The van der Waals surface area contributed by atoms with E-state index in [2.05, 4.69) is 10.2 Å². The van der Waals surface area contributed by atoms with E-state index in [0.717, 1.165) is 18.2 Å². The number of nitrogens with zero attached hydrogens (tertiary/aromatic N) is 1. The van der Waals surface area contributed by atoms with Crippen LogP contribution in [0.2, 0.25) is 0 Å². The van der Waals surface area contributed by atoms with Gasteiger partial charge in [-0.25, -0.2) is 8.42 Å². The van der Waals surface area contributed by atoms with Crippen molar-refractivity contribution in [3.63, 3.8) is 0 Å². The molecule has 1 aromatic heterocycles. The lowest BCUT2D eigenvalue weighted by molar-refractivity contribution is -0.168. The first kappa shape index (κ1) is 25.1. The lowest BCUT2D eigenvalue weighted by Crippen LogP contribution is -2.52. The average Bonchev–Trinajstić information content (AvgIpc) is 3.26. The molecule has 0 spiro atoms. The molecular weight excluding hydrogens is 476 g/mol. The third kappa shape index (κ3) is 5.17. The maximum absolute atomic E-state index is 13.7. The summed E-state index contributed by atoms with van der Waals surface area (Å²) in [7, 11) is -4.27. The van der Waals surface area contributed by atoms with Crippen LogP contribution in [0.4, 0.5) is 26.3 Å². The number of rotatable bonds is 5. The quantitative estimate of drug-likeness (QED) is 0.595. The van der Waals surface area contributed by atoms with Gasteiger partial charge in [0.05, 0.1) is 15.2 Å². The zero-order chi connectivity index (χ0) is 24.7. The van der Waals surface area contributed by atoms with Crippen molar-refractivity contribution in [2.24, 2.45) is 5.92 Å². The zero-order valence-corrected chi connectivity index (χ0v) is 18.1. The van der Waals surface area contributed by atoms with E-state index >= 15 is 0 Å². The van der Waals surface area contributed by atoms with Crippen molar-refractivity contribution in [1.29, 1.82) is 0 Å². The SMILES string of the molecule is CC1(S(=O)(=O)c2cccc(C(F)(F)F)c2)CCC(C(NC(=O)c2cc[nH]n2)C(F)(F)F)CC1. The highest BCUT2D eigenvalue weighted by atomic mass is 32.2. The minimum Gasteiger partial charge on any atom is -0.339 e. The molecule has 1 aliphatic carbocycles. The molecule has 2 aromatic rings. The Bertz CT molecular complexity index is 1090. The molecule has 1 aliphatic rings. The Morgan fingerprint density at radius 2 is 1.79 bits per heavy atom. The van der Waals surface area contributed by atoms with Crippen molar-refractivity contribution in [3.8, 4) is 0 Å². The Hall–Kier alpha value is -2.57. The van der Waals surface area contributed by atoms with Crippen LogP contribution in [0.25, 0.3) is 0 Å². The van der Waals surface area contributed by atoms with Gasteiger partial charge in [-0.1, -0.05) is 6.07 Å². The van der Waals surface area contributed by atoms with Gasteiger partial charge >= 0.3 is 12.4 Å². The number of H-pyrrole nitrogens is 1. The van der Waals surface area contributed by atoms with E-state index in [9.17, 15) is 39.6 Å². The van der Waals surface area contributed by atoms with Gasteiger partial charge in [-0.15, -0.1) is 0 Å². The molecule has 0 aliphatic heterocycles. The van der Waals surface area contributed by atoms with Gasteiger partial charge in [-0.3, -0.25) is 9.89 Å². The van der Waals surface area contributed by atoms with Crippen molar-refractivity contribution in [1.82, 2.24) is 15.5 Å². The summed E-state index contributed by atoms with van der Waals surface area (Å²) in [5.74, 6) is -2.12. The topological polar surface area (TPSA) is 91.9 Å². The van der Waals surface area contributed by atoms with Gasteiger partial charge in [0.2, 0.25) is 0 Å². The number of amides is 1. The highest BCUT2D eigenvalue weighted by Gasteiger charge is 2.51. The molecule has 6 nitrogen and oxygen atoms in total. The summed E-state index contributed by atoms with van der Waals surface area (Å²) in [4.78, 5) is 11.6. The minimum absolute atomic E-state index is 0.195. The van der Waals surface area contributed by atoms with Crippen LogP contribution in [0, 0.1) is 5.92 Å². The molecule has 33 heavy (non-hydrogen) atoms. The number of alkyl halides is 6. The van der Waals surface area contributed by atoms with Crippen molar-refractivity contribution in [2.75, 3.05) is 0 Å². The predicted octanol–water partition coefficient (Wildman–Crippen LogP) is 4.51. The number of carbonyl (C=O) groups is 1. The second kappa shape index (κ2) is 8.65. The Labute approximate surface area is 185 Å². The van der Waals surface area contributed by atoms with Gasteiger partial charge in [0.15, 0.2) is 9.84 Å². The van der Waals surface area contributed by atoms with Crippen molar-refractivity contribution >= 4 is 15.7 Å². The van der Waals surface area contributed by atoms with Crippen molar-refractivity contribution < 1.29 is 39.6 Å². The smallest absolute Gasteiger partial charge is 0.339 e. The molecule has 3 rings (SSSR count). The van der Waals surface area contributed by atoms with E-state index < -0.39 is 55.3 Å². The van der Waals surface area contributed by atoms with Crippen LogP contribution >= 0.6 is 0 Å². The molecule has 2 N–H and O–H groups in total. The van der Waals surface area contributed by atoms with Gasteiger partial charge in [0, 0.05) is 6.20 Å². The number of aromatic nitrogens is 2. The summed E-state index contributed by atoms with van der Waals surface area (Å²) in [6, 6.07) is 2.30. The number of carbonyl (C=O) groups excluding carboxylic acids is 1. The maximum Gasteiger partial charge on any atom is 0.416 e. The highest BCUT2D eigenvalue weighted by Crippen LogP contribution is 2.44. The first-order valence-corrected chi connectivity index (χ1v) is 11.4. The van der Waals surface area contributed by atoms with E-state index in [1.165, 1.54) is 19.2 Å². The Morgan fingerprint density at radius 3 is 2.30 bits per heavy atom. The van der Waals surface area contributed by atoms with Crippen LogP contribution in [0.5, 0.6) is 0 Å². The van der Waals surface area contributed by atoms with Crippen LogP contribution in [0.1, 0.15) is 48.7 Å². The molecule has 0 bridgehead atoms. The molecule has 1 atom stereocenters. The molecule has 182 valence electrons. The standard InChI is InChI=1S/C20H21F6N3O3S/c1-18(33(31,32)14-4-2-3-13(11-14)19(21,22)23)8-5-12(6-9-18)16(20(24,25)26)28-17(30)15-7-10-27-29-15/h2-4,7,10-12,16H,5-6,8-9H2,1H3,(H,27,29)(H,28,30). The van der Waals surface area contributed by atoms with E-state index in [-0.39, 0.29) is 31.4 Å². The Morgan fingerprint density at radius 1 is 1.15 bits per heavy atom. The summed E-state index contributed by atoms with van der Waals surface area (Å²) < 4.78 is 105. The highest BCUT2D eigenvalue weighted by molar-refractivity contribution is 7.92. The number of benzene rings is 1. The first-order chi connectivity index (χ1) is 15.1. The normalized spacial score (nSPS) is 23.2. The number of halogens is 6. The fourth-order valence-corrected chi connectivity index (χ4v) is 5.93. The third-order valence-corrected chi connectivity index (χ3v) is 8.63. The van der Waals surface area contributed by atoms with Gasteiger partial charge in [0.1, 0.15) is 11.7 Å². The van der Waals surface area contributed by atoms with Gasteiger partial charge in [-0.05, 0) is 62.8 Å². The summed E-state index contributed by atoms with van der Waals surface area (Å²) in [6.45, 7) is 1.32. The molecule has 1 amide bonds. The second-order valence-corrected chi connectivity index (χ2v) is 10.7. The van der Waals surface area contributed by atoms with Gasteiger partial charge in [0.25, 0.3) is 5.91 Å². The first-order valence-electron chi connectivity index (χ1n) is 9.94. The number of hydrogen-bond acceptors (Lipinski definition) is 4. The monoisotopic (exact) mass is 497 g/mol. The van der Waals surface area contributed by atoms with Crippen molar-refractivity contribution in [2.45, 2.75) is 60.6 Å². The average molecular weight is 497 g/mol. The van der Waals surface area contributed by atoms with Crippen LogP contribution in [-0.2, 0) is 16.0 Å². The van der Waals surface area contributed by atoms with Crippen LogP contribution < -0.4 is 5.32 Å². The number of sulfone groups is 1. The van der Waals surface area contributed by atoms with E-state index in [4.69, 9.17) is 0 Å². The molecule has 13 heteroatoms. The summed E-state index contributed by atoms with van der Waals surface area (Å²) >= 11 is 0. The predicted molar refractivity (Wildman–Crippen MR) is 105 cm³/mol. The lowest BCUT2D eigenvalue weighted by atomic mass is 9.78. The largest absolute Gasteiger partial charge is 0.416 e. The molecule has 1 saturated carbocycles. The summed E-state index contributed by atoms with van der Waals surface area (Å²) in [5.41, 5.74) is -1.35.